The summed E-state index contributed by atoms with van der Waals surface area (Å²) in [6, 6.07) is 11.6. The fraction of sp³-hybridized carbons (Fsp3) is 0.333. The van der Waals surface area contributed by atoms with Gasteiger partial charge in [-0.1, -0.05) is 34.8 Å². The number of nitrogens with zero attached hydrogens (tertiary/aromatic N) is 2. The zero-order valence-corrected chi connectivity index (χ0v) is 19.3. The summed E-state index contributed by atoms with van der Waals surface area (Å²) in [5.74, 6) is 0.0185. The molecule has 0 aliphatic rings. The van der Waals surface area contributed by atoms with E-state index in [2.05, 4.69) is 0 Å². The van der Waals surface area contributed by atoms with Crippen molar-refractivity contribution in [1.29, 1.82) is 0 Å². The zero-order chi connectivity index (χ0) is 20.9. The first-order valence-corrected chi connectivity index (χ1v) is 12.3. The molecule has 0 saturated carbocycles. The first kappa shape index (κ1) is 23.4. The van der Waals surface area contributed by atoms with Gasteiger partial charge in [-0.2, -0.15) is 0 Å². The first-order chi connectivity index (χ1) is 13.1. The van der Waals surface area contributed by atoms with Gasteiger partial charge in [-0.05, 0) is 55.3 Å². The van der Waals surface area contributed by atoms with Gasteiger partial charge in [0.1, 0.15) is 0 Å². The molecule has 0 saturated heterocycles. The monoisotopic (exact) mass is 482 g/mol. The molecule has 154 valence electrons. The Balaban J connectivity index is 2.23. The molecule has 2 rings (SSSR count). The number of rotatable bonds is 9. The molecule has 0 bridgehead atoms. The van der Waals surface area contributed by atoms with E-state index in [1.165, 1.54) is 18.4 Å². The van der Waals surface area contributed by atoms with Crippen molar-refractivity contribution in [2.24, 2.45) is 0 Å². The second kappa shape index (κ2) is 10.3. The summed E-state index contributed by atoms with van der Waals surface area (Å²) < 4.78 is 39.9. The van der Waals surface area contributed by atoms with E-state index >= 15 is 0 Å². The molecule has 0 aromatic heterocycles. The van der Waals surface area contributed by atoms with Crippen LogP contribution in [-0.4, -0.2) is 43.3 Å². The molecule has 0 aliphatic heterocycles. The molecule has 5 nitrogen and oxygen atoms in total. The van der Waals surface area contributed by atoms with E-state index in [1.807, 2.05) is 0 Å². The van der Waals surface area contributed by atoms with E-state index in [1.54, 1.807) is 46.8 Å². The minimum atomic E-state index is -3.28. The third kappa shape index (κ3) is 6.34. The van der Waals surface area contributed by atoms with Crippen LogP contribution in [0.5, 0.6) is 0 Å². The summed E-state index contributed by atoms with van der Waals surface area (Å²) in [6.07, 6.45) is 0.933. The van der Waals surface area contributed by atoms with Crippen molar-refractivity contribution in [3.05, 3.63) is 57.5 Å². The summed E-state index contributed by atoms with van der Waals surface area (Å²) in [4.78, 5) is 0.557. The topological polar surface area (TPSA) is 57.7 Å². The van der Waals surface area contributed by atoms with Gasteiger partial charge in [0.25, 0.3) is 0 Å². The van der Waals surface area contributed by atoms with Crippen molar-refractivity contribution in [2.75, 3.05) is 30.7 Å². The number of hydrogen-bond acceptors (Lipinski definition) is 3. The predicted molar refractivity (Wildman–Crippen MR) is 118 cm³/mol. The van der Waals surface area contributed by atoms with Crippen molar-refractivity contribution >= 4 is 61.5 Å². The third-order valence-electron chi connectivity index (χ3n) is 3.96. The molecular weight excluding hydrogens is 463 g/mol. The third-order valence-corrected chi connectivity index (χ3v) is 8.14. The highest BCUT2D eigenvalue weighted by Gasteiger charge is 2.20. The van der Waals surface area contributed by atoms with E-state index in [-0.39, 0.29) is 5.75 Å². The number of benzene rings is 2. The highest BCUT2D eigenvalue weighted by atomic mass is 35.5. The molecule has 0 fully saturated rings. The van der Waals surface area contributed by atoms with Gasteiger partial charge in [0.2, 0.25) is 10.0 Å². The number of hydrogen-bond donors (Lipinski definition) is 0. The molecule has 1 unspecified atom stereocenters. The quantitative estimate of drug-likeness (QED) is 0.479. The molecule has 0 aliphatic carbocycles. The lowest BCUT2D eigenvalue weighted by atomic mass is 10.3. The van der Waals surface area contributed by atoms with Gasteiger partial charge in [0.15, 0.2) is 11.0 Å². The van der Waals surface area contributed by atoms with Crippen molar-refractivity contribution in [3.8, 4) is 0 Å². The summed E-state index contributed by atoms with van der Waals surface area (Å²) in [5.41, 5.74) is 0.526. The number of halogens is 3. The zero-order valence-electron chi connectivity index (χ0n) is 15.4. The van der Waals surface area contributed by atoms with Crippen LogP contribution in [0.2, 0.25) is 15.1 Å². The maximum atomic E-state index is 13.2. The van der Waals surface area contributed by atoms with E-state index in [9.17, 15) is 12.6 Å². The Labute approximate surface area is 183 Å². The van der Waals surface area contributed by atoms with Crippen LogP contribution in [0.4, 0.5) is 5.69 Å². The molecule has 2 aromatic rings. The van der Waals surface area contributed by atoms with Crippen LogP contribution in [0.25, 0.3) is 0 Å². The average Bonchev–Trinajstić information content (AvgIpc) is 2.64. The largest absolute Gasteiger partial charge is 0.286 e. The van der Waals surface area contributed by atoms with Crippen LogP contribution < -0.4 is 4.31 Å². The summed E-state index contributed by atoms with van der Waals surface area (Å²) in [5, 5.41) is 1.42. The lowest BCUT2D eigenvalue weighted by Gasteiger charge is -2.25. The highest BCUT2D eigenvalue weighted by molar-refractivity contribution is 7.89. The molecule has 0 N–H and O–H groups in total. The van der Waals surface area contributed by atoms with E-state index in [0.717, 1.165) is 0 Å². The second-order valence-electron chi connectivity index (χ2n) is 6.21. The van der Waals surface area contributed by atoms with Crippen LogP contribution in [0.3, 0.4) is 0 Å². The molecule has 28 heavy (non-hydrogen) atoms. The van der Waals surface area contributed by atoms with Crippen molar-refractivity contribution in [2.45, 2.75) is 17.7 Å². The van der Waals surface area contributed by atoms with E-state index < -0.39 is 21.0 Å². The Morgan fingerprint density at radius 2 is 1.54 bits per heavy atom. The van der Waals surface area contributed by atoms with Gasteiger partial charge in [-0.25, -0.2) is 16.9 Å². The summed E-state index contributed by atoms with van der Waals surface area (Å²) in [6.45, 7) is 0.345. The number of anilines is 1. The van der Waals surface area contributed by atoms with E-state index in [4.69, 9.17) is 34.8 Å². The van der Waals surface area contributed by atoms with E-state index in [0.29, 0.717) is 45.0 Å². The first-order valence-electron chi connectivity index (χ1n) is 8.42. The maximum absolute atomic E-state index is 13.2. The molecule has 10 heteroatoms. The van der Waals surface area contributed by atoms with Gasteiger partial charge in [-0.15, -0.1) is 0 Å². The van der Waals surface area contributed by atoms with Crippen LogP contribution in [0.1, 0.15) is 12.8 Å². The van der Waals surface area contributed by atoms with Crippen molar-refractivity contribution in [1.82, 2.24) is 4.31 Å². The Morgan fingerprint density at radius 1 is 0.929 bits per heavy atom. The lowest BCUT2D eigenvalue weighted by Crippen LogP contribution is -2.29. The van der Waals surface area contributed by atoms with Crippen LogP contribution in [0.15, 0.2) is 47.4 Å². The molecular formula is C18H21Cl3N2O3S2. The van der Waals surface area contributed by atoms with Crippen LogP contribution in [-0.2, 0) is 21.0 Å². The average molecular weight is 484 g/mol. The Morgan fingerprint density at radius 3 is 2.14 bits per heavy atom. The Bertz CT molecular complexity index is 936. The van der Waals surface area contributed by atoms with Gasteiger partial charge in [-0.3, -0.25) is 4.31 Å². The van der Waals surface area contributed by atoms with Gasteiger partial charge >= 0.3 is 0 Å². The van der Waals surface area contributed by atoms with Crippen LogP contribution in [0, 0.1) is 0 Å². The second-order valence-corrected chi connectivity index (χ2v) is 11.2. The molecule has 0 amide bonds. The van der Waals surface area contributed by atoms with Crippen molar-refractivity contribution in [3.63, 3.8) is 0 Å². The summed E-state index contributed by atoms with van der Waals surface area (Å²) >= 11 is 18.3. The minimum Gasteiger partial charge on any atom is -0.286 e. The molecule has 2 aromatic carbocycles. The molecule has 0 spiro atoms. The Hall–Kier alpha value is -0.830. The highest BCUT2D eigenvalue weighted by Crippen LogP contribution is 2.32. The maximum Gasteiger partial charge on any atom is 0.213 e. The minimum absolute atomic E-state index is 0.0185. The summed E-state index contributed by atoms with van der Waals surface area (Å²) in [7, 11) is -1.83. The smallest absolute Gasteiger partial charge is 0.213 e. The lowest BCUT2D eigenvalue weighted by molar-refractivity contribution is 0.517. The normalized spacial score (nSPS) is 12.9. The fourth-order valence-electron chi connectivity index (χ4n) is 2.37. The molecule has 1 atom stereocenters. The molecule has 0 heterocycles. The SMILES string of the molecule is CN(C)S(=O)(=O)CCCCN(c1cc(Cl)ccc1Cl)S(=O)c1ccc(Cl)cc1. The number of sulfonamides is 1. The standard InChI is InChI=1S/C18H21Cl3N2O3S2/c1-22(2)28(25,26)12-4-3-11-23(18-13-15(20)7-10-17(18)21)27(24)16-8-5-14(19)6-9-16/h5-10,13H,3-4,11-12H2,1-2H3. The van der Waals surface area contributed by atoms with Gasteiger partial charge < -0.3 is 0 Å². The number of unbranched alkanes of at least 4 members (excludes halogenated alkanes) is 1. The fourth-order valence-corrected chi connectivity index (χ4v) is 5.11. The molecule has 0 radical (unpaired) electrons. The predicted octanol–water partition coefficient (Wildman–Crippen LogP) is 4.85. The van der Waals surface area contributed by atoms with Crippen molar-refractivity contribution < 1.29 is 12.6 Å². The van der Waals surface area contributed by atoms with Crippen LogP contribution >= 0.6 is 34.8 Å². The van der Waals surface area contributed by atoms with Gasteiger partial charge in [0, 0.05) is 30.7 Å². The Kier molecular flexibility index (Phi) is 8.60. The van der Waals surface area contributed by atoms with Gasteiger partial charge in [0.05, 0.1) is 21.4 Å².